The standard InChI is InChI=1S/C31H62FN/c1-5-9-13-17-19-23-28(22-18-14-10-6-2)31-26-29(32)27-33(31)30(24-20-15-11-7-3)25-21-16-12-8-4/h28-31H,5-27H2,1-4H3/t28?,29-,31+/m1/s1. The summed E-state index contributed by atoms with van der Waals surface area (Å²) >= 11 is 0. The summed E-state index contributed by atoms with van der Waals surface area (Å²) in [5.74, 6) is 0.720. The average Bonchev–Trinajstić information content (AvgIpc) is 3.20. The summed E-state index contributed by atoms with van der Waals surface area (Å²) in [6.45, 7) is 9.93. The predicted molar refractivity (Wildman–Crippen MR) is 147 cm³/mol. The molecule has 1 aliphatic rings. The van der Waals surface area contributed by atoms with Gasteiger partial charge in [-0.05, 0) is 38.0 Å². The van der Waals surface area contributed by atoms with Crippen LogP contribution in [-0.4, -0.2) is 29.7 Å². The van der Waals surface area contributed by atoms with Gasteiger partial charge in [-0.2, -0.15) is 0 Å². The van der Waals surface area contributed by atoms with Crippen molar-refractivity contribution in [2.24, 2.45) is 5.92 Å². The Kier molecular flexibility index (Phi) is 19.9. The molecule has 3 atom stereocenters. The van der Waals surface area contributed by atoms with Gasteiger partial charge in [0.05, 0.1) is 0 Å². The van der Waals surface area contributed by atoms with Gasteiger partial charge in [0.25, 0.3) is 0 Å². The number of hydrogen-bond donors (Lipinski definition) is 0. The fourth-order valence-electron chi connectivity index (χ4n) is 6.18. The fraction of sp³-hybridized carbons (Fsp3) is 1.00. The Morgan fingerprint density at radius 2 is 0.970 bits per heavy atom. The second kappa shape index (κ2) is 21.2. The van der Waals surface area contributed by atoms with Gasteiger partial charge in [-0.3, -0.25) is 4.90 Å². The van der Waals surface area contributed by atoms with Crippen molar-refractivity contribution < 1.29 is 4.39 Å². The van der Waals surface area contributed by atoms with E-state index in [2.05, 4.69) is 32.6 Å². The largest absolute Gasteiger partial charge is 0.294 e. The van der Waals surface area contributed by atoms with E-state index in [1.807, 2.05) is 0 Å². The first kappa shape index (κ1) is 30.9. The van der Waals surface area contributed by atoms with Crippen LogP contribution < -0.4 is 0 Å². The molecule has 2 heteroatoms. The first-order valence-corrected chi connectivity index (χ1v) is 15.6. The predicted octanol–water partition coefficient (Wildman–Crippen LogP) is 10.7. The van der Waals surface area contributed by atoms with Gasteiger partial charge >= 0.3 is 0 Å². The summed E-state index contributed by atoms with van der Waals surface area (Å²) < 4.78 is 14.9. The molecule has 1 aliphatic heterocycles. The Morgan fingerprint density at radius 3 is 1.42 bits per heavy atom. The number of unbranched alkanes of at least 4 members (excludes halogenated alkanes) is 13. The topological polar surface area (TPSA) is 3.24 Å². The number of halogens is 1. The van der Waals surface area contributed by atoms with Crippen molar-refractivity contribution in [3.05, 3.63) is 0 Å². The summed E-state index contributed by atoms with van der Waals surface area (Å²) in [5.41, 5.74) is 0. The molecule has 33 heavy (non-hydrogen) atoms. The van der Waals surface area contributed by atoms with Crippen molar-refractivity contribution in [1.29, 1.82) is 0 Å². The molecule has 1 unspecified atom stereocenters. The van der Waals surface area contributed by atoms with E-state index < -0.39 is 6.17 Å². The van der Waals surface area contributed by atoms with Gasteiger partial charge in [-0.15, -0.1) is 0 Å². The lowest BCUT2D eigenvalue weighted by Gasteiger charge is -2.38. The Bertz CT molecular complexity index is 400. The number of rotatable bonds is 23. The van der Waals surface area contributed by atoms with E-state index in [9.17, 15) is 4.39 Å². The number of alkyl halides is 1. The van der Waals surface area contributed by atoms with Crippen LogP contribution >= 0.6 is 0 Å². The summed E-state index contributed by atoms with van der Waals surface area (Å²) in [7, 11) is 0. The monoisotopic (exact) mass is 467 g/mol. The minimum Gasteiger partial charge on any atom is -0.294 e. The molecule has 0 saturated carbocycles. The Labute approximate surface area is 209 Å². The number of nitrogens with zero attached hydrogens (tertiary/aromatic N) is 1. The molecule has 0 aromatic carbocycles. The molecular weight excluding hydrogens is 405 g/mol. The van der Waals surface area contributed by atoms with E-state index in [-0.39, 0.29) is 0 Å². The minimum atomic E-state index is -0.595. The molecule has 0 spiro atoms. The lowest BCUT2D eigenvalue weighted by Crippen LogP contribution is -2.43. The van der Waals surface area contributed by atoms with Crippen molar-refractivity contribution in [2.45, 2.75) is 187 Å². The van der Waals surface area contributed by atoms with Crippen molar-refractivity contribution in [3.8, 4) is 0 Å². The van der Waals surface area contributed by atoms with Crippen LogP contribution in [0.15, 0.2) is 0 Å². The maximum atomic E-state index is 14.9. The highest BCUT2D eigenvalue weighted by atomic mass is 19.1. The molecule has 198 valence electrons. The maximum Gasteiger partial charge on any atom is 0.114 e. The normalized spacial score (nSPS) is 20.2. The fourth-order valence-corrected chi connectivity index (χ4v) is 6.18. The quantitative estimate of drug-likeness (QED) is 0.135. The molecule has 1 saturated heterocycles. The highest BCUT2D eigenvalue weighted by Gasteiger charge is 2.39. The number of likely N-dealkylation sites (tertiary alicyclic amines) is 1. The summed E-state index contributed by atoms with van der Waals surface area (Å²) in [4.78, 5) is 2.72. The van der Waals surface area contributed by atoms with Crippen LogP contribution in [0.1, 0.15) is 169 Å². The zero-order valence-electron chi connectivity index (χ0n) is 23.4. The van der Waals surface area contributed by atoms with Gasteiger partial charge < -0.3 is 0 Å². The van der Waals surface area contributed by atoms with Gasteiger partial charge in [0.15, 0.2) is 0 Å². The molecule has 0 aliphatic carbocycles. The minimum absolute atomic E-state index is 0.509. The van der Waals surface area contributed by atoms with Crippen LogP contribution in [0.25, 0.3) is 0 Å². The lowest BCUT2D eigenvalue weighted by molar-refractivity contribution is 0.104. The van der Waals surface area contributed by atoms with Crippen LogP contribution in [0.3, 0.4) is 0 Å². The summed E-state index contributed by atoms with van der Waals surface area (Å²) in [6.07, 6.45) is 28.4. The van der Waals surface area contributed by atoms with E-state index in [0.29, 0.717) is 12.1 Å². The van der Waals surface area contributed by atoms with Crippen molar-refractivity contribution in [2.75, 3.05) is 6.54 Å². The molecule has 0 bridgehead atoms. The highest BCUT2D eigenvalue weighted by Crippen LogP contribution is 2.36. The van der Waals surface area contributed by atoms with Gasteiger partial charge in [-0.25, -0.2) is 4.39 Å². The molecule has 1 nitrogen and oxygen atoms in total. The molecule has 0 amide bonds. The van der Waals surface area contributed by atoms with Crippen LogP contribution in [-0.2, 0) is 0 Å². The van der Waals surface area contributed by atoms with E-state index in [0.717, 1.165) is 18.9 Å². The third-order valence-electron chi connectivity index (χ3n) is 8.23. The second-order valence-corrected chi connectivity index (χ2v) is 11.3. The van der Waals surface area contributed by atoms with Gasteiger partial charge in [0.2, 0.25) is 0 Å². The van der Waals surface area contributed by atoms with E-state index in [4.69, 9.17) is 0 Å². The summed E-state index contributed by atoms with van der Waals surface area (Å²) in [5, 5.41) is 0. The van der Waals surface area contributed by atoms with Crippen LogP contribution in [0, 0.1) is 5.92 Å². The van der Waals surface area contributed by atoms with Crippen molar-refractivity contribution in [1.82, 2.24) is 4.90 Å². The third-order valence-corrected chi connectivity index (χ3v) is 8.23. The second-order valence-electron chi connectivity index (χ2n) is 11.3. The van der Waals surface area contributed by atoms with Crippen molar-refractivity contribution >= 4 is 0 Å². The average molecular weight is 468 g/mol. The van der Waals surface area contributed by atoms with Crippen LogP contribution in [0.4, 0.5) is 4.39 Å². The zero-order chi connectivity index (χ0) is 24.2. The first-order chi connectivity index (χ1) is 16.2. The smallest absolute Gasteiger partial charge is 0.114 e. The van der Waals surface area contributed by atoms with Crippen LogP contribution in [0.5, 0.6) is 0 Å². The number of hydrogen-bond acceptors (Lipinski definition) is 1. The van der Waals surface area contributed by atoms with E-state index in [1.165, 1.54) is 135 Å². The molecule has 0 radical (unpaired) electrons. The highest BCUT2D eigenvalue weighted by molar-refractivity contribution is 4.93. The molecule has 0 aromatic heterocycles. The van der Waals surface area contributed by atoms with Gasteiger partial charge in [0.1, 0.15) is 6.17 Å². The zero-order valence-corrected chi connectivity index (χ0v) is 23.4. The molecule has 1 heterocycles. The van der Waals surface area contributed by atoms with Gasteiger partial charge in [-0.1, -0.05) is 137 Å². The molecule has 0 aromatic rings. The molecule has 1 fully saturated rings. The third kappa shape index (κ3) is 14.1. The van der Waals surface area contributed by atoms with Crippen molar-refractivity contribution in [3.63, 3.8) is 0 Å². The molecule has 1 rings (SSSR count). The van der Waals surface area contributed by atoms with Crippen LogP contribution in [0.2, 0.25) is 0 Å². The van der Waals surface area contributed by atoms with E-state index >= 15 is 0 Å². The molecular formula is C31H62FN. The molecule has 0 N–H and O–H groups in total. The first-order valence-electron chi connectivity index (χ1n) is 15.6. The Hall–Kier alpha value is -0.110. The van der Waals surface area contributed by atoms with E-state index in [1.54, 1.807) is 0 Å². The lowest BCUT2D eigenvalue weighted by atomic mass is 9.85. The maximum absolute atomic E-state index is 14.9. The summed E-state index contributed by atoms with van der Waals surface area (Å²) in [6, 6.07) is 1.14. The Morgan fingerprint density at radius 1 is 0.576 bits per heavy atom. The Balaban J connectivity index is 2.80. The SMILES string of the molecule is CCCCCCCC(CCCCCC)[C@@H]1C[C@@H](F)CN1C(CCCCCC)CCCCCC. The van der Waals surface area contributed by atoms with Gasteiger partial charge in [0, 0.05) is 18.6 Å².